The molecule has 0 bridgehead atoms. The van der Waals surface area contributed by atoms with E-state index in [1.165, 1.54) is 12.1 Å². The fraction of sp³-hybridized carbons (Fsp3) is 0.259. The minimum Gasteiger partial charge on any atom is -0.371 e. The molecule has 33 heavy (non-hydrogen) atoms. The first-order chi connectivity index (χ1) is 16.1. The van der Waals surface area contributed by atoms with Gasteiger partial charge < -0.3 is 15.5 Å². The number of piperidine rings is 1. The van der Waals surface area contributed by atoms with Gasteiger partial charge in [-0.05, 0) is 48.2 Å². The fourth-order valence-corrected chi connectivity index (χ4v) is 4.19. The Kier molecular flexibility index (Phi) is 7.35. The highest BCUT2D eigenvalue weighted by atomic mass is 19.1. The molecular formula is C27H28FN3O2. The average molecular weight is 446 g/mol. The average Bonchev–Trinajstić information content (AvgIpc) is 2.84. The van der Waals surface area contributed by atoms with Crippen LogP contribution in [0, 0.1) is 5.82 Å². The molecular weight excluding hydrogens is 417 g/mol. The van der Waals surface area contributed by atoms with E-state index < -0.39 is 0 Å². The quantitative estimate of drug-likeness (QED) is 0.576. The maximum absolute atomic E-state index is 13.4. The Morgan fingerprint density at radius 3 is 2.33 bits per heavy atom. The molecule has 1 aliphatic heterocycles. The van der Waals surface area contributed by atoms with Crippen LogP contribution in [-0.2, 0) is 17.8 Å². The van der Waals surface area contributed by atoms with Crippen LogP contribution in [0.3, 0.4) is 0 Å². The topological polar surface area (TPSA) is 61.4 Å². The van der Waals surface area contributed by atoms with Crippen molar-refractivity contribution in [3.05, 3.63) is 101 Å². The molecule has 0 spiro atoms. The van der Waals surface area contributed by atoms with E-state index in [1.807, 2.05) is 54.6 Å². The number of benzene rings is 3. The molecule has 4 rings (SSSR count). The molecule has 2 N–H and O–H groups in total. The Labute approximate surface area is 193 Å². The van der Waals surface area contributed by atoms with E-state index in [-0.39, 0.29) is 30.2 Å². The molecule has 1 heterocycles. The van der Waals surface area contributed by atoms with Gasteiger partial charge in [0.25, 0.3) is 5.91 Å². The molecule has 0 unspecified atom stereocenters. The van der Waals surface area contributed by atoms with Crippen molar-refractivity contribution in [2.24, 2.45) is 0 Å². The van der Waals surface area contributed by atoms with Crippen LogP contribution >= 0.6 is 0 Å². The number of nitrogens with one attached hydrogen (secondary N) is 2. The minimum atomic E-state index is -0.319. The van der Waals surface area contributed by atoms with Crippen molar-refractivity contribution in [2.45, 2.75) is 31.8 Å². The van der Waals surface area contributed by atoms with Gasteiger partial charge in [0.05, 0.1) is 12.0 Å². The lowest BCUT2D eigenvalue weighted by atomic mass is 10.0. The molecule has 2 amide bonds. The highest BCUT2D eigenvalue weighted by Crippen LogP contribution is 2.24. The molecule has 1 fully saturated rings. The lowest BCUT2D eigenvalue weighted by Gasteiger charge is -2.35. The first-order valence-corrected chi connectivity index (χ1v) is 11.3. The number of hydrogen-bond acceptors (Lipinski definition) is 3. The van der Waals surface area contributed by atoms with Gasteiger partial charge in [-0.2, -0.15) is 0 Å². The molecule has 5 nitrogen and oxygen atoms in total. The first-order valence-electron chi connectivity index (χ1n) is 11.3. The maximum atomic E-state index is 13.4. The number of carbonyl (C=O) groups is 2. The summed E-state index contributed by atoms with van der Waals surface area (Å²) in [5.74, 6) is -0.467. The van der Waals surface area contributed by atoms with Crippen molar-refractivity contribution in [3.63, 3.8) is 0 Å². The number of anilines is 1. The van der Waals surface area contributed by atoms with E-state index >= 15 is 0 Å². The summed E-state index contributed by atoms with van der Waals surface area (Å²) < 4.78 is 13.4. The van der Waals surface area contributed by atoms with Crippen LogP contribution in [0.1, 0.15) is 34.3 Å². The number of nitrogens with zero attached hydrogens (tertiary/aromatic N) is 1. The van der Waals surface area contributed by atoms with E-state index in [0.717, 1.165) is 37.2 Å². The van der Waals surface area contributed by atoms with Gasteiger partial charge in [0, 0.05) is 31.4 Å². The number of amides is 2. The summed E-state index contributed by atoms with van der Waals surface area (Å²) >= 11 is 0. The lowest BCUT2D eigenvalue weighted by Crippen LogP contribution is -2.45. The molecule has 3 aromatic carbocycles. The Bertz CT molecular complexity index is 1100. The molecule has 0 radical (unpaired) electrons. The standard InChI is InChI=1S/C27H28FN3O2/c28-22-10-6-9-21(17-22)19-29-27(33)24-11-4-5-12-25(24)31-15-13-23(14-16-31)30-26(32)18-20-7-2-1-3-8-20/h1-12,17,23H,13-16,18-19H2,(H,29,33)(H,30,32). The lowest BCUT2D eigenvalue weighted by molar-refractivity contribution is -0.121. The highest BCUT2D eigenvalue weighted by molar-refractivity contribution is 5.99. The minimum absolute atomic E-state index is 0.0387. The van der Waals surface area contributed by atoms with Crippen LogP contribution in [0.5, 0.6) is 0 Å². The van der Waals surface area contributed by atoms with E-state index in [9.17, 15) is 14.0 Å². The van der Waals surface area contributed by atoms with Gasteiger partial charge in [-0.15, -0.1) is 0 Å². The third-order valence-electron chi connectivity index (χ3n) is 5.90. The zero-order valence-electron chi connectivity index (χ0n) is 18.5. The number of para-hydroxylation sites is 1. The summed E-state index contributed by atoms with van der Waals surface area (Å²) in [5.41, 5.74) is 3.20. The Morgan fingerprint density at radius 1 is 0.879 bits per heavy atom. The van der Waals surface area contributed by atoms with E-state index in [4.69, 9.17) is 0 Å². The van der Waals surface area contributed by atoms with Gasteiger partial charge in [-0.3, -0.25) is 9.59 Å². The predicted molar refractivity (Wildman–Crippen MR) is 128 cm³/mol. The van der Waals surface area contributed by atoms with E-state index in [2.05, 4.69) is 15.5 Å². The SMILES string of the molecule is O=C(Cc1ccccc1)NC1CCN(c2ccccc2C(=O)NCc2cccc(F)c2)CC1. The molecule has 0 saturated carbocycles. The Morgan fingerprint density at radius 2 is 1.58 bits per heavy atom. The van der Waals surface area contributed by atoms with Gasteiger partial charge in [0.2, 0.25) is 5.91 Å². The van der Waals surface area contributed by atoms with Crippen LogP contribution in [0.4, 0.5) is 10.1 Å². The molecule has 0 atom stereocenters. The number of rotatable bonds is 7. The van der Waals surface area contributed by atoms with Gasteiger partial charge in [-0.1, -0.05) is 54.6 Å². The second-order valence-corrected chi connectivity index (χ2v) is 8.32. The van der Waals surface area contributed by atoms with Crippen LogP contribution in [0.15, 0.2) is 78.9 Å². The van der Waals surface area contributed by atoms with Gasteiger partial charge in [-0.25, -0.2) is 4.39 Å². The Balaban J connectivity index is 1.32. The van der Waals surface area contributed by atoms with Crippen LogP contribution in [0.25, 0.3) is 0 Å². The zero-order valence-corrected chi connectivity index (χ0v) is 18.5. The van der Waals surface area contributed by atoms with Crippen molar-refractivity contribution >= 4 is 17.5 Å². The smallest absolute Gasteiger partial charge is 0.253 e. The number of hydrogen-bond donors (Lipinski definition) is 2. The Hall–Kier alpha value is -3.67. The number of carbonyl (C=O) groups excluding carboxylic acids is 2. The van der Waals surface area contributed by atoms with Crippen LogP contribution < -0.4 is 15.5 Å². The summed E-state index contributed by atoms with van der Waals surface area (Å²) in [6.07, 6.45) is 2.02. The maximum Gasteiger partial charge on any atom is 0.253 e. The van der Waals surface area contributed by atoms with Crippen molar-refractivity contribution in [2.75, 3.05) is 18.0 Å². The number of halogens is 1. The molecule has 1 aliphatic rings. The summed E-state index contributed by atoms with van der Waals surface area (Å²) in [4.78, 5) is 27.4. The summed E-state index contributed by atoms with van der Waals surface area (Å²) in [6, 6.07) is 23.6. The first kappa shape index (κ1) is 22.5. The molecule has 6 heteroatoms. The summed E-state index contributed by atoms with van der Waals surface area (Å²) in [7, 11) is 0. The van der Waals surface area contributed by atoms with Crippen molar-refractivity contribution in [1.82, 2.24) is 10.6 Å². The fourth-order valence-electron chi connectivity index (χ4n) is 4.19. The van der Waals surface area contributed by atoms with Crippen molar-refractivity contribution in [1.29, 1.82) is 0 Å². The van der Waals surface area contributed by atoms with Gasteiger partial charge in [0.1, 0.15) is 5.82 Å². The van der Waals surface area contributed by atoms with Crippen LogP contribution in [-0.4, -0.2) is 30.9 Å². The molecule has 1 saturated heterocycles. The predicted octanol–water partition coefficient (Wildman–Crippen LogP) is 4.08. The second kappa shape index (κ2) is 10.8. The molecule has 170 valence electrons. The normalized spacial score (nSPS) is 14.0. The molecule has 3 aromatic rings. The summed E-state index contributed by atoms with van der Waals surface area (Å²) in [5, 5.41) is 6.03. The second-order valence-electron chi connectivity index (χ2n) is 8.32. The van der Waals surface area contributed by atoms with Gasteiger partial charge in [0.15, 0.2) is 0 Å². The van der Waals surface area contributed by atoms with Crippen molar-refractivity contribution in [3.8, 4) is 0 Å². The summed E-state index contributed by atoms with van der Waals surface area (Å²) in [6.45, 7) is 1.77. The van der Waals surface area contributed by atoms with Crippen molar-refractivity contribution < 1.29 is 14.0 Å². The molecule has 0 aromatic heterocycles. The third kappa shape index (κ3) is 6.19. The third-order valence-corrected chi connectivity index (χ3v) is 5.90. The molecule has 0 aliphatic carbocycles. The van der Waals surface area contributed by atoms with E-state index in [0.29, 0.717) is 17.5 Å². The largest absolute Gasteiger partial charge is 0.371 e. The van der Waals surface area contributed by atoms with Gasteiger partial charge >= 0.3 is 0 Å². The van der Waals surface area contributed by atoms with E-state index in [1.54, 1.807) is 12.1 Å². The zero-order chi connectivity index (χ0) is 23.0. The highest BCUT2D eigenvalue weighted by Gasteiger charge is 2.23. The van der Waals surface area contributed by atoms with Crippen LogP contribution in [0.2, 0.25) is 0 Å². The monoisotopic (exact) mass is 445 g/mol.